The molecular formula is C29H40ClN7O3S. The smallest absolute Gasteiger partial charge is 0.229 e. The highest BCUT2D eigenvalue weighted by molar-refractivity contribution is 7.92. The number of sulfone groups is 1. The van der Waals surface area contributed by atoms with E-state index in [9.17, 15) is 8.42 Å². The predicted octanol–water partition coefficient (Wildman–Crippen LogP) is 5.97. The summed E-state index contributed by atoms with van der Waals surface area (Å²) in [5.41, 5.74) is 3.64. The van der Waals surface area contributed by atoms with Gasteiger partial charge in [-0.3, -0.25) is 4.68 Å². The molecular weight excluding hydrogens is 562 g/mol. The maximum absolute atomic E-state index is 12.9. The molecule has 2 aliphatic rings. The Balaban J connectivity index is 1.41. The molecule has 0 unspecified atom stereocenters. The second kappa shape index (κ2) is 11.8. The first-order valence-corrected chi connectivity index (χ1v) is 16.2. The fourth-order valence-electron chi connectivity index (χ4n) is 5.36. The summed E-state index contributed by atoms with van der Waals surface area (Å²) < 4.78 is 33.6. The lowest BCUT2D eigenvalue weighted by atomic mass is 9.80. The first-order valence-electron chi connectivity index (χ1n) is 14.2. The maximum atomic E-state index is 12.9. The zero-order valence-corrected chi connectivity index (χ0v) is 26.2. The summed E-state index contributed by atoms with van der Waals surface area (Å²) in [6.45, 7) is 5.39. The van der Waals surface area contributed by atoms with E-state index in [-0.39, 0.29) is 22.0 Å². The van der Waals surface area contributed by atoms with Crippen LogP contribution < -0.4 is 15.4 Å². The second-order valence-corrected chi connectivity index (χ2v) is 14.6. The normalized spacial score (nSPS) is 19.5. The summed E-state index contributed by atoms with van der Waals surface area (Å²) >= 11 is 6.44. The highest BCUT2D eigenvalue weighted by Crippen LogP contribution is 2.42. The number of aryl methyl sites for hydroxylation is 2. The third kappa shape index (κ3) is 6.62. The SMILES string of the molecule is Cc1cc(Nc2ncc(Cl)c(Nc3cn(C)nc3S(=O)(=O)C(C)C)n2)c(OC2CC2)cc1[C@H]1CC[C@@H](N(C)C)CC1. The Morgan fingerprint density at radius 2 is 1.78 bits per heavy atom. The minimum absolute atomic E-state index is 0.0508. The molecule has 10 nitrogen and oxygen atoms in total. The summed E-state index contributed by atoms with van der Waals surface area (Å²) in [5.74, 6) is 1.90. The molecule has 2 N–H and O–H groups in total. The first kappa shape index (κ1) is 29.6. The molecule has 2 fully saturated rings. The molecule has 2 heterocycles. The van der Waals surface area contributed by atoms with Gasteiger partial charge in [0.2, 0.25) is 20.8 Å². The van der Waals surface area contributed by atoms with E-state index in [0.29, 0.717) is 23.6 Å². The molecule has 0 bridgehead atoms. The van der Waals surface area contributed by atoms with Gasteiger partial charge in [0.25, 0.3) is 0 Å². The predicted molar refractivity (Wildman–Crippen MR) is 163 cm³/mol. The minimum Gasteiger partial charge on any atom is -0.488 e. The van der Waals surface area contributed by atoms with Crippen LogP contribution in [0.5, 0.6) is 5.75 Å². The van der Waals surface area contributed by atoms with Gasteiger partial charge in [0, 0.05) is 19.3 Å². The highest BCUT2D eigenvalue weighted by atomic mass is 35.5. The Bertz CT molecular complexity index is 1510. The number of nitrogens with one attached hydrogen (secondary N) is 2. The van der Waals surface area contributed by atoms with E-state index < -0.39 is 15.1 Å². The van der Waals surface area contributed by atoms with Gasteiger partial charge in [0.1, 0.15) is 10.8 Å². The summed E-state index contributed by atoms with van der Waals surface area (Å²) in [7, 11) is 2.37. The lowest BCUT2D eigenvalue weighted by Gasteiger charge is -2.33. The molecule has 2 saturated carbocycles. The number of aromatic nitrogens is 4. The number of anilines is 4. The highest BCUT2D eigenvalue weighted by Gasteiger charge is 2.29. The minimum atomic E-state index is -3.63. The Labute approximate surface area is 247 Å². The van der Waals surface area contributed by atoms with E-state index in [2.05, 4.69) is 63.8 Å². The standard InChI is InChI=1S/C29H40ClN7O3S/c1-17(2)41(38,39)28-25(16-37(6)35-28)32-27-23(30)15-31-29(34-27)33-24-13-18(3)22(14-26(24)40-21-11-12-21)19-7-9-20(10-8-19)36(4)5/h13-17,19-21H,7-12H2,1-6H3,(H2,31,32,33,34)/t19-,20+. The molecule has 2 aliphatic carbocycles. The topological polar surface area (TPSA) is 114 Å². The van der Waals surface area contributed by atoms with Crippen LogP contribution in [0.25, 0.3) is 0 Å². The van der Waals surface area contributed by atoms with Crippen LogP contribution in [-0.2, 0) is 16.9 Å². The van der Waals surface area contributed by atoms with Crippen LogP contribution in [0.4, 0.5) is 23.1 Å². The molecule has 2 aromatic heterocycles. The quantitative estimate of drug-likeness (QED) is 0.290. The lowest BCUT2D eigenvalue weighted by Crippen LogP contribution is -2.31. The zero-order valence-electron chi connectivity index (χ0n) is 24.6. The number of hydrogen-bond donors (Lipinski definition) is 2. The van der Waals surface area contributed by atoms with E-state index >= 15 is 0 Å². The summed E-state index contributed by atoms with van der Waals surface area (Å²) in [4.78, 5) is 11.3. The molecule has 3 aromatic rings. The Hall–Kier alpha value is -2.89. The molecule has 0 aliphatic heterocycles. The molecule has 0 radical (unpaired) electrons. The van der Waals surface area contributed by atoms with Crippen LogP contribution in [0.1, 0.15) is 69.4 Å². The average Bonchev–Trinajstić information content (AvgIpc) is 3.66. The van der Waals surface area contributed by atoms with Gasteiger partial charge in [0.05, 0.1) is 28.9 Å². The van der Waals surface area contributed by atoms with Gasteiger partial charge in [-0.05, 0) is 103 Å². The molecule has 1 aromatic carbocycles. The molecule has 12 heteroatoms. The van der Waals surface area contributed by atoms with Crippen molar-refractivity contribution in [3.63, 3.8) is 0 Å². The molecule has 41 heavy (non-hydrogen) atoms. The summed E-state index contributed by atoms with van der Waals surface area (Å²) in [5, 5.41) is 10.1. The lowest BCUT2D eigenvalue weighted by molar-refractivity contribution is 0.216. The van der Waals surface area contributed by atoms with E-state index in [1.165, 1.54) is 34.8 Å². The van der Waals surface area contributed by atoms with Gasteiger partial charge < -0.3 is 20.3 Å². The largest absolute Gasteiger partial charge is 0.488 e. The fourth-order valence-corrected chi connectivity index (χ4v) is 6.60. The van der Waals surface area contributed by atoms with Crippen molar-refractivity contribution >= 4 is 44.6 Å². The van der Waals surface area contributed by atoms with Crippen molar-refractivity contribution in [1.82, 2.24) is 24.6 Å². The van der Waals surface area contributed by atoms with E-state index in [1.807, 2.05) is 0 Å². The molecule has 5 rings (SSSR count). The fraction of sp³-hybridized carbons (Fsp3) is 0.552. The number of ether oxygens (including phenoxy) is 1. The van der Waals surface area contributed by atoms with Crippen molar-refractivity contribution < 1.29 is 13.2 Å². The third-order valence-corrected chi connectivity index (χ3v) is 10.3. The summed E-state index contributed by atoms with van der Waals surface area (Å²) in [6, 6.07) is 4.96. The van der Waals surface area contributed by atoms with Crippen LogP contribution in [-0.4, -0.2) is 64.6 Å². The van der Waals surface area contributed by atoms with Crippen molar-refractivity contribution in [1.29, 1.82) is 0 Å². The number of halogens is 1. The van der Waals surface area contributed by atoms with Gasteiger partial charge in [-0.15, -0.1) is 0 Å². The summed E-state index contributed by atoms with van der Waals surface area (Å²) in [6.07, 6.45) is 10.1. The van der Waals surface area contributed by atoms with Gasteiger partial charge in [-0.2, -0.15) is 10.1 Å². The number of rotatable bonds is 10. The molecule has 0 atom stereocenters. The van der Waals surface area contributed by atoms with Crippen LogP contribution in [0.15, 0.2) is 29.6 Å². The van der Waals surface area contributed by atoms with Gasteiger partial charge in [-0.25, -0.2) is 13.4 Å². The Kier molecular flexibility index (Phi) is 8.50. The molecule has 222 valence electrons. The van der Waals surface area contributed by atoms with Crippen molar-refractivity contribution in [2.24, 2.45) is 7.05 Å². The molecule has 0 saturated heterocycles. The van der Waals surface area contributed by atoms with Gasteiger partial charge in [-0.1, -0.05) is 11.6 Å². The number of hydrogen-bond acceptors (Lipinski definition) is 9. The molecule has 0 spiro atoms. The van der Waals surface area contributed by atoms with E-state index in [1.54, 1.807) is 27.1 Å². The van der Waals surface area contributed by atoms with Gasteiger partial charge >= 0.3 is 0 Å². The van der Waals surface area contributed by atoms with E-state index in [4.69, 9.17) is 16.3 Å². The van der Waals surface area contributed by atoms with Crippen molar-refractivity contribution in [3.8, 4) is 5.75 Å². The third-order valence-electron chi connectivity index (χ3n) is 7.98. The average molecular weight is 602 g/mol. The van der Waals surface area contributed by atoms with Crippen molar-refractivity contribution in [2.45, 2.75) is 87.6 Å². The van der Waals surface area contributed by atoms with Crippen molar-refractivity contribution in [2.75, 3.05) is 24.7 Å². The Morgan fingerprint density at radius 1 is 1.07 bits per heavy atom. The second-order valence-electron chi connectivity index (χ2n) is 11.7. The van der Waals surface area contributed by atoms with Crippen LogP contribution in [0.3, 0.4) is 0 Å². The molecule has 0 amide bonds. The maximum Gasteiger partial charge on any atom is 0.229 e. The number of benzene rings is 1. The van der Waals surface area contributed by atoms with Crippen LogP contribution in [0, 0.1) is 6.92 Å². The zero-order chi connectivity index (χ0) is 29.5. The van der Waals surface area contributed by atoms with Crippen LogP contribution >= 0.6 is 11.6 Å². The van der Waals surface area contributed by atoms with Gasteiger partial charge in [0.15, 0.2) is 5.82 Å². The first-order chi connectivity index (χ1) is 19.4. The van der Waals surface area contributed by atoms with E-state index in [0.717, 1.165) is 37.1 Å². The monoisotopic (exact) mass is 601 g/mol. The van der Waals surface area contributed by atoms with Crippen LogP contribution in [0.2, 0.25) is 5.02 Å². The number of nitrogens with zero attached hydrogens (tertiary/aromatic N) is 5. The Morgan fingerprint density at radius 3 is 2.41 bits per heavy atom. The van der Waals surface area contributed by atoms with Crippen molar-refractivity contribution in [3.05, 3.63) is 40.7 Å².